The van der Waals surface area contributed by atoms with Gasteiger partial charge in [0, 0.05) is 55.0 Å². The minimum Gasteiger partial charge on any atom is -0.310 e. The van der Waals surface area contributed by atoms with Crippen LogP contribution in [-0.2, 0) is 27.1 Å². The van der Waals surface area contributed by atoms with Crippen LogP contribution in [0.3, 0.4) is 0 Å². The van der Waals surface area contributed by atoms with E-state index in [0.717, 1.165) is 83.7 Å². The molecular weight excluding hydrogens is 999 g/mol. The molecule has 2 heterocycles. The van der Waals surface area contributed by atoms with E-state index in [0.29, 0.717) is 28.2 Å². The molecule has 398 valence electrons. The van der Waals surface area contributed by atoms with Gasteiger partial charge in [0.1, 0.15) is 0 Å². The Hall–Kier alpha value is -6.78. The first-order valence-corrected chi connectivity index (χ1v) is 28.5. The highest BCUT2D eigenvalue weighted by molar-refractivity contribution is 7.00. The summed E-state index contributed by atoms with van der Waals surface area (Å²) in [7, 11) is 0. The Labute approximate surface area is 491 Å². The molecule has 0 aromatic heterocycles. The molecule has 0 bridgehead atoms. The summed E-state index contributed by atoms with van der Waals surface area (Å²) < 4.78 is 60.7. The first kappa shape index (κ1) is 47.1. The molecule has 0 spiro atoms. The lowest BCUT2D eigenvalue weighted by Gasteiger charge is -2.46. The number of para-hydroxylation sites is 2. The molecule has 0 radical (unpaired) electrons. The second-order valence-electron chi connectivity index (χ2n) is 26.9. The Bertz CT molecular complexity index is 3820. The number of hydrogen-bond donors (Lipinski definition) is 0. The molecule has 0 aliphatic carbocycles. The summed E-state index contributed by atoms with van der Waals surface area (Å²) in [6, 6.07) is 50.4. The molecule has 9 aromatic rings. The SMILES string of the molecule is [2H]c1c([2H])c2c(c([2H])c1Cl)N(c1c(-c3cccc(C(C)(C)C)c3)cccc1-c1cccc(C(C)(C)C)c1)c1cc(C(C)(C)C)cc3c1B2c1c([2H])c([2H])c(Cl)c([2H])c1N3c1c(-c2cccc(C(C)(C)C)c2)cccc1-c1cccc(C(C)(C)C)c1. The predicted molar refractivity (Wildman–Crippen MR) is 346 cm³/mol. The Balaban J connectivity index is 1.39. The van der Waals surface area contributed by atoms with Gasteiger partial charge < -0.3 is 9.80 Å². The van der Waals surface area contributed by atoms with Crippen molar-refractivity contribution >= 4 is 80.4 Å². The van der Waals surface area contributed by atoms with Crippen molar-refractivity contribution in [2.24, 2.45) is 0 Å². The normalized spacial score (nSPS) is 14.6. The summed E-state index contributed by atoms with van der Waals surface area (Å²) in [6.07, 6.45) is 0. The molecule has 79 heavy (non-hydrogen) atoms. The maximum atomic E-state index is 10.4. The van der Waals surface area contributed by atoms with Crippen molar-refractivity contribution in [2.45, 2.75) is 131 Å². The minimum atomic E-state index is -1.06. The van der Waals surface area contributed by atoms with Crippen LogP contribution < -0.4 is 26.2 Å². The van der Waals surface area contributed by atoms with Crippen molar-refractivity contribution in [3.8, 4) is 44.5 Å². The van der Waals surface area contributed by atoms with E-state index in [1.54, 1.807) is 0 Å². The molecule has 5 heteroatoms. The van der Waals surface area contributed by atoms with Crippen molar-refractivity contribution in [2.75, 3.05) is 9.80 Å². The van der Waals surface area contributed by atoms with Gasteiger partial charge in [-0.1, -0.05) is 273 Å². The van der Waals surface area contributed by atoms with Gasteiger partial charge in [-0.05, 0) is 130 Å². The van der Waals surface area contributed by atoms with Crippen molar-refractivity contribution in [3.63, 3.8) is 0 Å². The Morgan fingerprint density at radius 1 is 0.342 bits per heavy atom. The van der Waals surface area contributed by atoms with Gasteiger partial charge in [-0.15, -0.1) is 0 Å². The quantitative estimate of drug-likeness (QED) is 0.153. The van der Waals surface area contributed by atoms with Gasteiger partial charge in [0.05, 0.1) is 19.6 Å². The summed E-state index contributed by atoms with van der Waals surface area (Å²) in [6.45, 7) is 32.1. The van der Waals surface area contributed by atoms with Gasteiger partial charge in [0.15, 0.2) is 0 Å². The number of hydrogen-bond acceptors (Lipinski definition) is 2. The molecule has 2 nitrogen and oxygen atoms in total. The Kier molecular flexibility index (Phi) is 11.6. The fourth-order valence-corrected chi connectivity index (χ4v) is 11.8. The molecule has 9 aromatic carbocycles. The lowest BCUT2D eigenvalue weighted by Crippen LogP contribution is -2.61. The fourth-order valence-electron chi connectivity index (χ4n) is 11.5. The molecule has 0 saturated heterocycles. The van der Waals surface area contributed by atoms with E-state index in [1.807, 2.05) is 0 Å². The minimum absolute atomic E-state index is 0.148. The van der Waals surface area contributed by atoms with Gasteiger partial charge in [0.25, 0.3) is 6.71 Å². The highest BCUT2D eigenvalue weighted by Gasteiger charge is 2.46. The van der Waals surface area contributed by atoms with Crippen molar-refractivity contribution < 1.29 is 8.22 Å². The van der Waals surface area contributed by atoms with Gasteiger partial charge in [0.2, 0.25) is 0 Å². The second kappa shape index (κ2) is 19.5. The van der Waals surface area contributed by atoms with Crippen molar-refractivity contribution in [1.29, 1.82) is 0 Å². The molecule has 2 aliphatic heterocycles. The number of anilines is 6. The Morgan fingerprint density at radius 3 is 0.899 bits per heavy atom. The number of benzene rings is 9. The Morgan fingerprint density at radius 2 is 0.620 bits per heavy atom. The van der Waals surface area contributed by atoms with E-state index in [9.17, 15) is 8.22 Å². The molecular formula is C74H75BCl2N2. The molecule has 2 aliphatic rings. The van der Waals surface area contributed by atoms with Crippen LogP contribution >= 0.6 is 23.2 Å². The van der Waals surface area contributed by atoms with E-state index in [1.165, 1.54) is 0 Å². The molecule has 0 atom stereocenters. The van der Waals surface area contributed by atoms with Gasteiger partial charge >= 0.3 is 0 Å². The van der Waals surface area contributed by atoms with Crippen LogP contribution in [-0.4, -0.2) is 6.71 Å². The first-order chi connectivity index (χ1) is 39.7. The summed E-state index contributed by atoms with van der Waals surface area (Å²) in [5.41, 5.74) is 16.1. The molecule has 0 amide bonds. The highest BCUT2D eigenvalue weighted by Crippen LogP contribution is 2.54. The molecule has 0 N–H and O–H groups in total. The number of nitrogens with zero attached hydrogens (tertiary/aromatic N) is 2. The predicted octanol–water partition coefficient (Wildman–Crippen LogP) is 20.2. The van der Waals surface area contributed by atoms with Crippen molar-refractivity contribution in [1.82, 2.24) is 0 Å². The van der Waals surface area contributed by atoms with Crippen LogP contribution in [0.15, 0.2) is 182 Å². The summed E-state index contributed by atoms with van der Waals surface area (Å²) in [4.78, 5) is 4.28. The van der Waals surface area contributed by atoms with Crippen LogP contribution in [0.1, 0.15) is 140 Å². The zero-order valence-corrected chi connectivity index (χ0v) is 50.1. The summed E-state index contributed by atoms with van der Waals surface area (Å²) >= 11 is 14.6. The van der Waals surface area contributed by atoms with Crippen LogP contribution in [0.25, 0.3) is 44.5 Å². The van der Waals surface area contributed by atoms with Crippen LogP contribution in [0, 0.1) is 0 Å². The molecule has 0 saturated carbocycles. The molecule has 0 unspecified atom stereocenters. The number of rotatable bonds is 6. The van der Waals surface area contributed by atoms with Gasteiger partial charge in [-0.3, -0.25) is 0 Å². The van der Waals surface area contributed by atoms with E-state index in [2.05, 4.69) is 259 Å². The van der Waals surface area contributed by atoms with Crippen LogP contribution in [0.4, 0.5) is 34.1 Å². The van der Waals surface area contributed by atoms with Crippen LogP contribution in [0.2, 0.25) is 10.0 Å². The monoisotopic (exact) mass is 1080 g/mol. The summed E-state index contributed by atoms with van der Waals surface area (Å²) in [5.74, 6) is 0. The average Bonchev–Trinajstić information content (AvgIpc) is 0.700. The third-order valence-electron chi connectivity index (χ3n) is 16.1. The zero-order chi connectivity index (χ0) is 61.5. The fraction of sp³-hybridized carbons (Fsp3) is 0.270. The topological polar surface area (TPSA) is 6.48 Å². The van der Waals surface area contributed by atoms with Gasteiger partial charge in [-0.2, -0.15) is 0 Å². The van der Waals surface area contributed by atoms with E-state index in [4.69, 9.17) is 23.2 Å². The number of fused-ring (bicyclic) bond motifs is 4. The smallest absolute Gasteiger partial charge is 0.252 e. The molecule has 0 fully saturated rings. The third-order valence-corrected chi connectivity index (χ3v) is 16.4. The number of halogens is 2. The lowest BCUT2D eigenvalue weighted by molar-refractivity contribution is 0.590. The van der Waals surface area contributed by atoms with E-state index < -0.39 is 12.1 Å². The summed E-state index contributed by atoms with van der Waals surface area (Å²) in [5, 5.41) is -0.354. The zero-order valence-electron chi connectivity index (χ0n) is 54.6. The van der Waals surface area contributed by atoms with Gasteiger partial charge in [-0.25, -0.2) is 0 Å². The van der Waals surface area contributed by atoms with E-state index in [-0.39, 0.29) is 78.9 Å². The second-order valence-corrected chi connectivity index (χ2v) is 27.7. The van der Waals surface area contributed by atoms with Crippen LogP contribution in [0.5, 0.6) is 0 Å². The lowest BCUT2D eigenvalue weighted by atomic mass is 9.33. The standard InChI is InChI=1S/C74H75BCl2N2/c1-70(2,3)50-26-16-22-46(38-50)57-30-20-31-58(47-23-17-27-51(39-47)71(4,5)6)68(57)78-63-44-55(76)34-36-61(63)75-62-37-35-56(77)45-64(62)79(66-43-54(74(13,14)15)42-65(78)67(66)75)69-59(48-24-18-28-52(40-48)72(7,8)9)32-21-33-60(69)49-25-19-29-53(41-49)73(10,11)12/h16-45H,1-15H3/i34D,35D,36D,37D,44D,45D. The molecule has 11 rings (SSSR count). The third kappa shape index (κ3) is 9.95. The highest BCUT2D eigenvalue weighted by atomic mass is 35.5. The van der Waals surface area contributed by atoms with Crippen molar-refractivity contribution in [3.05, 3.63) is 220 Å². The maximum Gasteiger partial charge on any atom is 0.252 e. The average molecular weight is 1080 g/mol. The van der Waals surface area contributed by atoms with E-state index >= 15 is 0 Å². The maximum absolute atomic E-state index is 10.4. The largest absolute Gasteiger partial charge is 0.310 e. The first-order valence-electron chi connectivity index (χ1n) is 30.8.